The quantitative estimate of drug-likeness (QED) is 0.900. The number of amides is 1. The smallest absolute Gasteiger partial charge is 0.237 e. The Morgan fingerprint density at radius 1 is 1.00 bits per heavy atom. The highest BCUT2D eigenvalue weighted by molar-refractivity contribution is 5.82. The molecule has 0 spiro atoms. The number of aromatic nitrogens is 2. The molecule has 1 aliphatic heterocycles. The maximum Gasteiger partial charge on any atom is 0.237 e. The second-order valence-corrected chi connectivity index (χ2v) is 7.44. The molecule has 1 saturated heterocycles. The van der Waals surface area contributed by atoms with E-state index in [2.05, 4.69) is 44.5 Å². The van der Waals surface area contributed by atoms with Crippen molar-refractivity contribution in [3.63, 3.8) is 0 Å². The van der Waals surface area contributed by atoms with Gasteiger partial charge in [0.25, 0.3) is 0 Å². The average Bonchev–Trinajstić information content (AvgIpc) is 3.35. The summed E-state index contributed by atoms with van der Waals surface area (Å²) in [5, 5.41) is 3.27. The summed E-state index contributed by atoms with van der Waals surface area (Å²) in [4.78, 5) is 23.1. The summed E-state index contributed by atoms with van der Waals surface area (Å²) in [5.41, 5.74) is 3.38. The molecule has 136 valence electrons. The summed E-state index contributed by atoms with van der Waals surface area (Å²) in [6.07, 6.45) is 12.0. The zero-order chi connectivity index (χ0) is 17.8. The van der Waals surface area contributed by atoms with E-state index in [0.29, 0.717) is 6.04 Å². The number of nitrogens with one attached hydrogen (secondary N) is 1. The lowest BCUT2D eigenvalue weighted by molar-refractivity contribution is -0.126. The van der Waals surface area contributed by atoms with Gasteiger partial charge in [0.15, 0.2) is 0 Å². The van der Waals surface area contributed by atoms with E-state index in [1.165, 1.54) is 18.4 Å². The Kier molecular flexibility index (Phi) is 5.25. The number of rotatable bonds is 5. The molecule has 2 fully saturated rings. The highest BCUT2D eigenvalue weighted by Gasteiger charge is 2.32. The predicted molar refractivity (Wildman–Crippen MR) is 101 cm³/mol. The van der Waals surface area contributed by atoms with E-state index in [9.17, 15) is 4.79 Å². The predicted octanol–water partition coefficient (Wildman–Crippen LogP) is 3.17. The van der Waals surface area contributed by atoms with E-state index >= 15 is 0 Å². The molecule has 2 heterocycles. The highest BCUT2D eigenvalue weighted by atomic mass is 16.2. The Morgan fingerprint density at radius 3 is 2.46 bits per heavy atom. The molecular weight excluding hydrogens is 324 g/mol. The first-order chi connectivity index (χ1) is 12.8. The molecule has 0 bridgehead atoms. The maximum atomic E-state index is 12.7. The summed E-state index contributed by atoms with van der Waals surface area (Å²) in [5.74, 6) is 0.229. The third-order valence-electron chi connectivity index (χ3n) is 5.60. The summed E-state index contributed by atoms with van der Waals surface area (Å²) in [7, 11) is 0. The number of likely N-dealkylation sites (tertiary alicyclic amines) is 1. The van der Waals surface area contributed by atoms with Gasteiger partial charge in [0.05, 0.1) is 6.04 Å². The van der Waals surface area contributed by atoms with Crippen LogP contribution in [-0.2, 0) is 11.3 Å². The van der Waals surface area contributed by atoms with E-state index in [0.717, 1.165) is 49.9 Å². The second kappa shape index (κ2) is 7.96. The number of benzene rings is 1. The van der Waals surface area contributed by atoms with Gasteiger partial charge >= 0.3 is 0 Å². The number of nitrogens with zero attached hydrogens (tertiary/aromatic N) is 3. The lowest BCUT2D eigenvalue weighted by Gasteiger charge is -2.25. The zero-order valence-corrected chi connectivity index (χ0v) is 15.1. The van der Waals surface area contributed by atoms with E-state index in [1.54, 1.807) is 6.33 Å². The van der Waals surface area contributed by atoms with Crippen LogP contribution in [0.5, 0.6) is 0 Å². The first-order valence-electron chi connectivity index (χ1n) is 9.68. The number of carbonyl (C=O) groups excluding carboxylic acids is 1. The lowest BCUT2D eigenvalue weighted by Crippen LogP contribution is -2.46. The van der Waals surface area contributed by atoms with Crippen LogP contribution in [0.4, 0.5) is 0 Å². The Bertz CT molecular complexity index is 725. The molecular formula is C21H26N4O. The van der Waals surface area contributed by atoms with Crippen molar-refractivity contribution < 1.29 is 4.79 Å². The molecule has 26 heavy (non-hydrogen) atoms. The van der Waals surface area contributed by atoms with Crippen molar-refractivity contribution >= 4 is 5.91 Å². The Labute approximate surface area is 154 Å². The SMILES string of the molecule is O=C(NC1CCCC1)C1CCCN1Cc1ccc(-c2cncnc2)cc1. The molecule has 5 nitrogen and oxygen atoms in total. The summed E-state index contributed by atoms with van der Waals surface area (Å²) < 4.78 is 0. The average molecular weight is 350 g/mol. The number of hydrogen-bond acceptors (Lipinski definition) is 4. The zero-order valence-electron chi connectivity index (χ0n) is 15.1. The lowest BCUT2D eigenvalue weighted by atomic mass is 10.1. The Balaban J connectivity index is 1.38. The molecule has 1 unspecified atom stereocenters. The van der Waals surface area contributed by atoms with E-state index < -0.39 is 0 Å². The Morgan fingerprint density at radius 2 is 1.73 bits per heavy atom. The van der Waals surface area contributed by atoms with Gasteiger partial charge in [-0.2, -0.15) is 0 Å². The standard InChI is InChI=1S/C21H26N4O/c26-21(24-19-4-1-2-5-19)20-6-3-11-25(20)14-16-7-9-17(10-8-16)18-12-22-15-23-13-18/h7-10,12-13,15,19-20H,1-6,11,14H2,(H,24,26). The highest BCUT2D eigenvalue weighted by Crippen LogP contribution is 2.24. The van der Waals surface area contributed by atoms with Crippen LogP contribution < -0.4 is 5.32 Å². The largest absolute Gasteiger partial charge is 0.352 e. The molecule has 5 heteroatoms. The number of carbonyl (C=O) groups is 1. The minimum absolute atomic E-state index is 0.0257. The molecule has 1 aromatic heterocycles. The number of hydrogen-bond donors (Lipinski definition) is 1. The van der Waals surface area contributed by atoms with Gasteiger partial charge in [-0.05, 0) is 43.4 Å². The van der Waals surface area contributed by atoms with Crippen LogP contribution in [0.25, 0.3) is 11.1 Å². The van der Waals surface area contributed by atoms with Crippen LogP contribution in [0.1, 0.15) is 44.1 Å². The van der Waals surface area contributed by atoms with Gasteiger partial charge in [0, 0.05) is 30.5 Å². The molecule has 2 aromatic rings. The van der Waals surface area contributed by atoms with Crippen molar-refractivity contribution in [3.8, 4) is 11.1 Å². The van der Waals surface area contributed by atoms with Crippen LogP contribution in [0.15, 0.2) is 43.0 Å². The summed E-state index contributed by atoms with van der Waals surface area (Å²) >= 11 is 0. The van der Waals surface area contributed by atoms with Crippen LogP contribution in [0.2, 0.25) is 0 Å². The molecule has 1 aromatic carbocycles. The van der Waals surface area contributed by atoms with Crippen molar-refractivity contribution in [3.05, 3.63) is 48.5 Å². The molecule has 0 radical (unpaired) electrons. The fraction of sp³-hybridized carbons (Fsp3) is 0.476. The molecule has 1 aliphatic carbocycles. The van der Waals surface area contributed by atoms with Crippen molar-refractivity contribution in [2.24, 2.45) is 0 Å². The minimum atomic E-state index is 0.0257. The van der Waals surface area contributed by atoms with Crippen molar-refractivity contribution in [1.82, 2.24) is 20.2 Å². The van der Waals surface area contributed by atoms with Crippen LogP contribution in [0, 0.1) is 0 Å². The van der Waals surface area contributed by atoms with Gasteiger partial charge in [-0.15, -0.1) is 0 Å². The third-order valence-corrected chi connectivity index (χ3v) is 5.60. The van der Waals surface area contributed by atoms with Crippen LogP contribution >= 0.6 is 0 Å². The monoisotopic (exact) mass is 350 g/mol. The van der Waals surface area contributed by atoms with Gasteiger partial charge in [0.2, 0.25) is 5.91 Å². The topological polar surface area (TPSA) is 58.1 Å². The van der Waals surface area contributed by atoms with E-state index in [4.69, 9.17) is 0 Å². The molecule has 1 amide bonds. The maximum absolute atomic E-state index is 12.7. The van der Waals surface area contributed by atoms with Crippen molar-refractivity contribution in [2.75, 3.05) is 6.54 Å². The molecule has 1 N–H and O–H groups in total. The van der Waals surface area contributed by atoms with Gasteiger partial charge in [-0.1, -0.05) is 37.1 Å². The summed E-state index contributed by atoms with van der Waals surface area (Å²) in [6.45, 7) is 1.82. The van der Waals surface area contributed by atoms with Crippen LogP contribution in [0.3, 0.4) is 0 Å². The van der Waals surface area contributed by atoms with Gasteiger partial charge in [-0.25, -0.2) is 9.97 Å². The van der Waals surface area contributed by atoms with Gasteiger partial charge < -0.3 is 5.32 Å². The molecule has 2 aliphatic rings. The van der Waals surface area contributed by atoms with Crippen LogP contribution in [-0.4, -0.2) is 39.4 Å². The van der Waals surface area contributed by atoms with E-state index in [-0.39, 0.29) is 11.9 Å². The van der Waals surface area contributed by atoms with Crippen molar-refractivity contribution in [2.45, 2.75) is 57.2 Å². The third kappa shape index (κ3) is 3.93. The summed E-state index contributed by atoms with van der Waals surface area (Å²) in [6, 6.07) is 8.93. The normalized spacial score (nSPS) is 21.2. The fourth-order valence-electron chi connectivity index (χ4n) is 4.17. The first-order valence-corrected chi connectivity index (χ1v) is 9.68. The molecule has 4 rings (SSSR count). The minimum Gasteiger partial charge on any atom is -0.352 e. The molecule has 1 saturated carbocycles. The van der Waals surface area contributed by atoms with Crippen molar-refractivity contribution in [1.29, 1.82) is 0 Å². The van der Waals surface area contributed by atoms with Gasteiger partial charge in [0.1, 0.15) is 6.33 Å². The fourth-order valence-corrected chi connectivity index (χ4v) is 4.17. The molecule has 1 atom stereocenters. The first kappa shape index (κ1) is 17.2. The second-order valence-electron chi connectivity index (χ2n) is 7.44. The van der Waals surface area contributed by atoms with Gasteiger partial charge in [-0.3, -0.25) is 9.69 Å². The van der Waals surface area contributed by atoms with E-state index in [1.807, 2.05) is 12.4 Å². The Hall–Kier alpha value is -2.27.